The Morgan fingerprint density at radius 1 is 1.03 bits per heavy atom. The van der Waals surface area contributed by atoms with Crippen molar-refractivity contribution < 1.29 is 14.3 Å². The maximum atomic E-state index is 12.8. The quantitative estimate of drug-likeness (QED) is 0.381. The Balaban J connectivity index is 1.32. The van der Waals surface area contributed by atoms with Crippen molar-refractivity contribution in [1.82, 2.24) is 15.2 Å². The number of hydrogen-bond acceptors (Lipinski definition) is 7. The monoisotopic (exact) mass is 458 g/mol. The lowest BCUT2D eigenvalue weighted by atomic mass is 10.1. The molecule has 0 spiro atoms. The van der Waals surface area contributed by atoms with Gasteiger partial charge in [-0.15, -0.1) is 10.2 Å². The predicted molar refractivity (Wildman–Crippen MR) is 127 cm³/mol. The van der Waals surface area contributed by atoms with Gasteiger partial charge in [0, 0.05) is 29.4 Å². The van der Waals surface area contributed by atoms with Crippen LogP contribution in [0.5, 0.6) is 11.5 Å². The molecular formula is C25H22N4O3S. The van der Waals surface area contributed by atoms with Crippen LogP contribution in [-0.4, -0.2) is 28.2 Å². The largest absolute Gasteiger partial charge is 0.493 e. The smallest absolute Gasteiger partial charge is 0.257 e. The molecule has 0 radical (unpaired) electrons. The van der Waals surface area contributed by atoms with Gasteiger partial charge >= 0.3 is 0 Å². The Labute approximate surface area is 195 Å². The van der Waals surface area contributed by atoms with Crippen molar-refractivity contribution in [2.75, 3.05) is 12.4 Å². The molecular weight excluding hydrogens is 436 g/mol. The minimum atomic E-state index is -0.293. The Morgan fingerprint density at radius 3 is 2.55 bits per heavy atom. The first-order chi connectivity index (χ1) is 16.2. The van der Waals surface area contributed by atoms with Gasteiger partial charge in [0.25, 0.3) is 5.91 Å². The zero-order valence-corrected chi connectivity index (χ0v) is 18.8. The van der Waals surface area contributed by atoms with Crippen molar-refractivity contribution in [3.63, 3.8) is 0 Å². The van der Waals surface area contributed by atoms with E-state index >= 15 is 0 Å². The number of pyridine rings is 1. The summed E-state index contributed by atoms with van der Waals surface area (Å²) in [6.07, 6.45) is 5.64. The van der Waals surface area contributed by atoms with Gasteiger partial charge in [-0.2, -0.15) is 0 Å². The lowest BCUT2D eigenvalue weighted by molar-refractivity contribution is 0.102. The van der Waals surface area contributed by atoms with E-state index in [2.05, 4.69) is 32.6 Å². The van der Waals surface area contributed by atoms with E-state index in [1.54, 1.807) is 37.7 Å². The number of rotatable bonds is 8. The number of methoxy groups -OCH3 is 1. The summed E-state index contributed by atoms with van der Waals surface area (Å²) in [7, 11) is 1.57. The number of nitrogens with zero attached hydrogens (tertiary/aromatic N) is 3. The van der Waals surface area contributed by atoms with Crippen molar-refractivity contribution in [3.05, 3.63) is 84.2 Å². The fourth-order valence-electron chi connectivity index (χ4n) is 3.58. The Bertz CT molecular complexity index is 1240. The molecule has 1 aliphatic carbocycles. The number of nitrogens with one attached hydrogen (secondary N) is 1. The predicted octanol–water partition coefficient (Wildman–Crippen LogP) is 5.39. The molecule has 1 saturated carbocycles. The van der Waals surface area contributed by atoms with Crippen LogP contribution < -0.4 is 14.8 Å². The van der Waals surface area contributed by atoms with E-state index in [1.807, 2.05) is 30.3 Å². The number of hydrogen-bond donors (Lipinski definition) is 1. The van der Waals surface area contributed by atoms with E-state index in [0.717, 1.165) is 24.0 Å². The molecule has 2 heterocycles. The molecule has 1 atom stereocenters. The van der Waals surface area contributed by atoms with Crippen LogP contribution in [-0.2, 0) is 0 Å². The number of carbonyl (C=O) groups excluding carboxylic acids is 1. The van der Waals surface area contributed by atoms with Crippen molar-refractivity contribution >= 4 is 22.4 Å². The van der Waals surface area contributed by atoms with Gasteiger partial charge in [-0.25, -0.2) is 0 Å². The number of benzene rings is 2. The highest BCUT2D eigenvalue weighted by atomic mass is 32.1. The van der Waals surface area contributed by atoms with Gasteiger partial charge in [0.1, 0.15) is 11.1 Å². The van der Waals surface area contributed by atoms with Crippen LogP contribution in [0.3, 0.4) is 0 Å². The summed E-state index contributed by atoms with van der Waals surface area (Å²) in [4.78, 5) is 16.8. The molecule has 1 unspecified atom stereocenters. The first-order valence-corrected chi connectivity index (χ1v) is 11.5. The summed E-state index contributed by atoms with van der Waals surface area (Å²) in [5.41, 5.74) is 2.49. The highest BCUT2D eigenvalue weighted by Gasteiger charge is 2.34. The molecule has 1 amide bonds. The molecule has 1 aliphatic rings. The van der Waals surface area contributed by atoms with Gasteiger partial charge in [-0.3, -0.25) is 15.1 Å². The average Bonchev–Trinajstić information content (AvgIpc) is 3.61. The summed E-state index contributed by atoms with van der Waals surface area (Å²) in [6.45, 7) is 0. The number of carbonyl (C=O) groups is 1. The molecule has 2 aromatic heterocycles. The van der Waals surface area contributed by atoms with Gasteiger partial charge < -0.3 is 9.47 Å². The zero-order chi connectivity index (χ0) is 22.6. The van der Waals surface area contributed by atoms with Gasteiger partial charge in [0.05, 0.1) is 7.11 Å². The van der Waals surface area contributed by atoms with E-state index in [0.29, 0.717) is 33.1 Å². The highest BCUT2D eigenvalue weighted by Crippen LogP contribution is 2.45. The van der Waals surface area contributed by atoms with Crippen LogP contribution in [0.2, 0.25) is 0 Å². The number of aromatic nitrogens is 3. The normalized spacial score (nSPS) is 13.8. The number of amides is 1. The number of ether oxygens (including phenoxy) is 2. The van der Waals surface area contributed by atoms with Gasteiger partial charge in [0.2, 0.25) is 5.13 Å². The first-order valence-electron chi connectivity index (χ1n) is 10.7. The van der Waals surface area contributed by atoms with E-state index in [9.17, 15) is 4.79 Å². The van der Waals surface area contributed by atoms with Crippen molar-refractivity contribution in [2.45, 2.75) is 18.9 Å². The molecule has 4 aromatic rings. The molecule has 8 heteroatoms. The van der Waals surface area contributed by atoms with Crippen molar-refractivity contribution in [1.29, 1.82) is 0 Å². The van der Waals surface area contributed by atoms with Crippen LogP contribution in [0.15, 0.2) is 73.1 Å². The third-order valence-corrected chi connectivity index (χ3v) is 6.32. The topological polar surface area (TPSA) is 86.2 Å². The first kappa shape index (κ1) is 21.1. The fraction of sp³-hybridized carbons (Fsp3) is 0.200. The molecule has 33 heavy (non-hydrogen) atoms. The third-order valence-electron chi connectivity index (χ3n) is 5.43. The summed E-state index contributed by atoms with van der Waals surface area (Å²) in [5, 5.41) is 12.2. The van der Waals surface area contributed by atoms with Crippen LogP contribution >= 0.6 is 11.3 Å². The second-order valence-electron chi connectivity index (χ2n) is 7.75. The summed E-state index contributed by atoms with van der Waals surface area (Å²) < 4.78 is 11.9. The Kier molecular flexibility index (Phi) is 5.99. The maximum Gasteiger partial charge on any atom is 0.257 e. The maximum absolute atomic E-state index is 12.8. The van der Waals surface area contributed by atoms with Crippen LogP contribution in [0.1, 0.15) is 34.9 Å². The lowest BCUT2D eigenvalue weighted by Crippen LogP contribution is -2.13. The third kappa shape index (κ3) is 4.85. The summed E-state index contributed by atoms with van der Waals surface area (Å²) in [6, 6.07) is 19.1. The molecule has 0 saturated heterocycles. The van der Waals surface area contributed by atoms with Crippen LogP contribution in [0.25, 0.3) is 10.6 Å². The molecule has 5 rings (SSSR count). The minimum absolute atomic E-state index is 0.0345. The molecule has 0 aliphatic heterocycles. The van der Waals surface area contributed by atoms with E-state index in [4.69, 9.17) is 9.47 Å². The molecule has 1 fully saturated rings. The second kappa shape index (κ2) is 9.38. The van der Waals surface area contributed by atoms with E-state index in [1.165, 1.54) is 11.3 Å². The Hall–Kier alpha value is -3.78. The minimum Gasteiger partial charge on any atom is -0.493 e. The zero-order valence-electron chi connectivity index (χ0n) is 18.0. The summed E-state index contributed by atoms with van der Waals surface area (Å²) >= 11 is 1.30. The Morgan fingerprint density at radius 2 is 1.82 bits per heavy atom. The molecule has 2 aromatic carbocycles. The molecule has 1 N–H and O–H groups in total. The van der Waals surface area contributed by atoms with Gasteiger partial charge in [-0.1, -0.05) is 41.7 Å². The van der Waals surface area contributed by atoms with E-state index in [-0.39, 0.29) is 12.0 Å². The van der Waals surface area contributed by atoms with Gasteiger partial charge in [-0.05, 0) is 48.7 Å². The lowest BCUT2D eigenvalue weighted by Gasteiger charge is -2.21. The summed E-state index contributed by atoms with van der Waals surface area (Å²) in [5.74, 6) is 1.33. The number of anilines is 1. The standard InChI is InChI=1S/C25H22N4O3S/c1-31-21-15-19(23(30)27-25-29-28-24(33-25)18-11-13-26-14-12-18)9-10-20(21)32-22(17-7-8-17)16-5-3-2-4-6-16/h2-6,9-15,17,22H,7-8H2,1H3,(H,27,29,30). The molecule has 166 valence electrons. The van der Waals surface area contributed by atoms with E-state index < -0.39 is 0 Å². The van der Waals surface area contributed by atoms with Gasteiger partial charge in [0.15, 0.2) is 11.5 Å². The molecule has 7 nitrogen and oxygen atoms in total. The van der Waals surface area contributed by atoms with Crippen LogP contribution in [0, 0.1) is 5.92 Å². The van der Waals surface area contributed by atoms with Crippen LogP contribution in [0.4, 0.5) is 5.13 Å². The fourth-order valence-corrected chi connectivity index (χ4v) is 4.32. The average molecular weight is 459 g/mol. The SMILES string of the molecule is COc1cc(C(=O)Nc2nnc(-c3ccncc3)s2)ccc1OC(c1ccccc1)C1CC1. The van der Waals surface area contributed by atoms with Crippen molar-refractivity contribution in [3.8, 4) is 22.1 Å². The molecule has 0 bridgehead atoms. The second-order valence-corrected chi connectivity index (χ2v) is 8.73. The van der Waals surface area contributed by atoms with Crippen molar-refractivity contribution in [2.24, 2.45) is 5.92 Å². The highest BCUT2D eigenvalue weighted by molar-refractivity contribution is 7.18.